The molecule has 0 aliphatic carbocycles. The standard InChI is InChI=1S/C24H27N3O4S/c1-16(2)23(18-9-10-19-20(14-18)30-12-6-11-29-19)25-21(28)15-32-24-27-26-22(31-24)13-17-7-4-3-5-8-17/h3-5,7-10,14,16,23H,6,11-13,15H2,1-2H3,(H,25,28)/t23-/m1/s1. The fourth-order valence-corrected chi connectivity index (χ4v) is 4.08. The highest BCUT2D eigenvalue weighted by Crippen LogP contribution is 2.34. The Morgan fingerprint density at radius 3 is 2.62 bits per heavy atom. The topological polar surface area (TPSA) is 86.5 Å². The van der Waals surface area contributed by atoms with Crippen molar-refractivity contribution in [3.63, 3.8) is 0 Å². The van der Waals surface area contributed by atoms with Crippen molar-refractivity contribution in [2.24, 2.45) is 5.92 Å². The Morgan fingerprint density at radius 2 is 1.84 bits per heavy atom. The van der Waals surface area contributed by atoms with Crippen LogP contribution < -0.4 is 14.8 Å². The number of fused-ring (bicyclic) bond motifs is 1. The van der Waals surface area contributed by atoms with E-state index in [1.165, 1.54) is 11.8 Å². The highest BCUT2D eigenvalue weighted by Gasteiger charge is 2.21. The molecule has 1 amide bonds. The molecule has 168 valence electrons. The lowest BCUT2D eigenvalue weighted by Gasteiger charge is -2.23. The molecule has 2 aromatic carbocycles. The van der Waals surface area contributed by atoms with Crippen LogP contribution in [0.3, 0.4) is 0 Å². The van der Waals surface area contributed by atoms with Gasteiger partial charge in [-0.25, -0.2) is 0 Å². The van der Waals surface area contributed by atoms with Gasteiger partial charge >= 0.3 is 0 Å². The summed E-state index contributed by atoms with van der Waals surface area (Å²) in [5.41, 5.74) is 2.09. The van der Waals surface area contributed by atoms with Crippen molar-refractivity contribution in [3.05, 3.63) is 65.5 Å². The van der Waals surface area contributed by atoms with Crippen LogP contribution in [0.1, 0.15) is 43.3 Å². The molecule has 32 heavy (non-hydrogen) atoms. The van der Waals surface area contributed by atoms with E-state index >= 15 is 0 Å². The quantitative estimate of drug-likeness (QED) is 0.505. The lowest BCUT2D eigenvalue weighted by atomic mass is 9.95. The molecular weight excluding hydrogens is 426 g/mol. The molecule has 1 N–H and O–H groups in total. The average Bonchev–Trinajstić information content (AvgIpc) is 3.10. The van der Waals surface area contributed by atoms with Crippen LogP contribution in [0.2, 0.25) is 0 Å². The van der Waals surface area contributed by atoms with Gasteiger partial charge < -0.3 is 19.2 Å². The summed E-state index contributed by atoms with van der Waals surface area (Å²) >= 11 is 1.24. The molecule has 3 aromatic rings. The fraction of sp³-hybridized carbons (Fsp3) is 0.375. The van der Waals surface area contributed by atoms with Gasteiger partial charge in [0.25, 0.3) is 5.22 Å². The third kappa shape index (κ3) is 5.82. The number of rotatable bonds is 8. The summed E-state index contributed by atoms with van der Waals surface area (Å²) in [6.07, 6.45) is 1.43. The van der Waals surface area contributed by atoms with E-state index in [-0.39, 0.29) is 23.6 Å². The van der Waals surface area contributed by atoms with E-state index in [4.69, 9.17) is 13.9 Å². The highest BCUT2D eigenvalue weighted by atomic mass is 32.2. The van der Waals surface area contributed by atoms with E-state index in [1.54, 1.807) is 0 Å². The fourth-order valence-electron chi connectivity index (χ4n) is 3.49. The SMILES string of the molecule is CC(C)[C@@H](NC(=O)CSc1nnc(Cc2ccccc2)o1)c1ccc2c(c1)OCCCO2. The van der Waals surface area contributed by atoms with E-state index in [0.29, 0.717) is 30.7 Å². The summed E-state index contributed by atoms with van der Waals surface area (Å²) in [7, 11) is 0. The van der Waals surface area contributed by atoms with Crippen LogP contribution in [0.25, 0.3) is 0 Å². The summed E-state index contributed by atoms with van der Waals surface area (Å²) in [6, 6.07) is 15.7. The van der Waals surface area contributed by atoms with E-state index in [1.807, 2.05) is 48.5 Å². The van der Waals surface area contributed by atoms with E-state index < -0.39 is 0 Å². The number of nitrogens with zero attached hydrogens (tertiary/aromatic N) is 2. The number of ether oxygens (including phenoxy) is 2. The number of thioether (sulfide) groups is 1. The number of benzene rings is 2. The summed E-state index contributed by atoms with van der Waals surface area (Å²) in [5.74, 6) is 2.31. The lowest BCUT2D eigenvalue weighted by Crippen LogP contribution is -2.33. The van der Waals surface area contributed by atoms with Crippen molar-refractivity contribution in [2.75, 3.05) is 19.0 Å². The van der Waals surface area contributed by atoms with Gasteiger partial charge in [0, 0.05) is 6.42 Å². The summed E-state index contributed by atoms with van der Waals surface area (Å²) in [4.78, 5) is 12.7. The molecule has 0 saturated heterocycles. The molecule has 0 bridgehead atoms. The van der Waals surface area contributed by atoms with Crippen molar-refractivity contribution in [1.82, 2.24) is 15.5 Å². The van der Waals surface area contributed by atoms with Gasteiger partial charge in [-0.2, -0.15) is 0 Å². The molecule has 0 unspecified atom stereocenters. The Labute approximate surface area is 191 Å². The van der Waals surface area contributed by atoms with Crippen LogP contribution >= 0.6 is 11.8 Å². The van der Waals surface area contributed by atoms with Crippen LogP contribution in [0.15, 0.2) is 58.2 Å². The summed E-state index contributed by atoms with van der Waals surface area (Å²) in [6.45, 7) is 5.43. The molecule has 0 radical (unpaired) electrons. The molecular formula is C24H27N3O4S. The Hall–Kier alpha value is -3.00. The van der Waals surface area contributed by atoms with Crippen LogP contribution in [0.4, 0.5) is 0 Å². The third-order valence-corrected chi connectivity index (χ3v) is 5.91. The molecule has 4 rings (SSSR count). The molecule has 1 atom stereocenters. The number of hydrogen-bond donors (Lipinski definition) is 1. The first kappa shape index (κ1) is 22.2. The average molecular weight is 454 g/mol. The molecule has 8 heteroatoms. The second-order valence-corrected chi connectivity index (χ2v) is 8.89. The largest absolute Gasteiger partial charge is 0.490 e. The molecule has 0 spiro atoms. The molecule has 2 heterocycles. The van der Waals surface area contributed by atoms with Crippen molar-refractivity contribution >= 4 is 17.7 Å². The maximum absolute atomic E-state index is 12.7. The first-order valence-corrected chi connectivity index (χ1v) is 11.7. The summed E-state index contributed by atoms with van der Waals surface area (Å²) in [5, 5.41) is 11.6. The van der Waals surface area contributed by atoms with Gasteiger partial charge in [0.1, 0.15) is 0 Å². The van der Waals surface area contributed by atoms with Gasteiger partial charge in [-0.1, -0.05) is 62.0 Å². The Balaban J connectivity index is 1.34. The van der Waals surface area contributed by atoms with Crippen molar-refractivity contribution in [1.29, 1.82) is 0 Å². The first-order chi connectivity index (χ1) is 15.6. The minimum Gasteiger partial charge on any atom is -0.490 e. The number of nitrogens with one attached hydrogen (secondary N) is 1. The second-order valence-electron chi connectivity index (χ2n) is 7.96. The Bertz CT molecular complexity index is 1040. The zero-order valence-corrected chi connectivity index (χ0v) is 19.1. The monoisotopic (exact) mass is 453 g/mol. The van der Waals surface area contributed by atoms with Crippen molar-refractivity contribution in [3.8, 4) is 11.5 Å². The van der Waals surface area contributed by atoms with Crippen LogP contribution in [-0.4, -0.2) is 35.1 Å². The number of carbonyl (C=O) groups is 1. The second kappa shape index (κ2) is 10.5. The maximum atomic E-state index is 12.7. The van der Waals surface area contributed by atoms with Gasteiger partial charge in [0.05, 0.1) is 31.4 Å². The van der Waals surface area contributed by atoms with Crippen molar-refractivity contribution < 1.29 is 18.7 Å². The van der Waals surface area contributed by atoms with Gasteiger partial charge in [-0.15, -0.1) is 10.2 Å². The van der Waals surface area contributed by atoms with Crippen LogP contribution in [-0.2, 0) is 11.2 Å². The maximum Gasteiger partial charge on any atom is 0.277 e. The number of aromatic nitrogens is 2. The molecule has 7 nitrogen and oxygen atoms in total. The van der Waals surface area contributed by atoms with Gasteiger partial charge in [0.15, 0.2) is 11.5 Å². The van der Waals surface area contributed by atoms with Gasteiger partial charge in [0.2, 0.25) is 11.8 Å². The van der Waals surface area contributed by atoms with Gasteiger partial charge in [-0.3, -0.25) is 4.79 Å². The minimum absolute atomic E-state index is 0.0939. The number of amides is 1. The zero-order valence-electron chi connectivity index (χ0n) is 18.2. The Morgan fingerprint density at radius 1 is 1.06 bits per heavy atom. The molecule has 0 fully saturated rings. The first-order valence-electron chi connectivity index (χ1n) is 10.8. The predicted octanol–water partition coefficient (Wildman–Crippen LogP) is 4.43. The van der Waals surface area contributed by atoms with Crippen LogP contribution in [0.5, 0.6) is 11.5 Å². The van der Waals surface area contributed by atoms with E-state index in [9.17, 15) is 4.79 Å². The number of carbonyl (C=O) groups excluding carboxylic acids is 1. The zero-order chi connectivity index (χ0) is 22.3. The smallest absolute Gasteiger partial charge is 0.277 e. The van der Waals surface area contributed by atoms with E-state index in [2.05, 4.69) is 29.4 Å². The van der Waals surface area contributed by atoms with Crippen molar-refractivity contribution in [2.45, 2.75) is 38.0 Å². The molecule has 0 saturated carbocycles. The Kier molecular flexibility index (Phi) is 7.32. The molecule has 1 aliphatic rings. The summed E-state index contributed by atoms with van der Waals surface area (Å²) < 4.78 is 17.2. The minimum atomic E-state index is -0.142. The van der Waals surface area contributed by atoms with E-state index in [0.717, 1.165) is 29.0 Å². The predicted molar refractivity (Wildman–Crippen MR) is 122 cm³/mol. The highest BCUT2D eigenvalue weighted by molar-refractivity contribution is 7.99. The normalized spacial score (nSPS) is 14.1. The third-order valence-electron chi connectivity index (χ3n) is 5.09. The molecule has 1 aromatic heterocycles. The van der Waals surface area contributed by atoms with Gasteiger partial charge in [-0.05, 0) is 29.2 Å². The lowest BCUT2D eigenvalue weighted by molar-refractivity contribution is -0.119. The van der Waals surface area contributed by atoms with Crippen LogP contribution in [0, 0.1) is 5.92 Å². The molecule has 1 aliphatic heterocycles. The number of hydrogen-bond acceptors (Lipinski definition) is 7.